The molecule has 200 valence electrons. The normalized spacial score (nSPS) is 11.9. The van der Waals surface area contributed by atoms with Crippen molar-refractivity contribution in [1.29, 1.82) is 0 Å². The van der Waals surface area contributed by atoms with Crippen molar-refractivity contribution in [2.75, 3.05) is 26.7 Å². The molecule has 0 amide bonds. The second-order valence-electron chi connectivity index (χ2n) is 8.37. The summed E-state index contributed by atoms with van der Waals surface area (Å²) in [7, 11) is 2.78. The second kappa shape index (κ2) is 11.5. The fraction of sp³-hybridized carbons (Fsp3) is 0.231. The number of halogens is 1. The summed E-state index contributed by atoms with van der Waals surface area (Å²) in [4.78, 5) is 47.6. The predicted molar refractivity (Wildman–Crippen MR) is 160 cm³/mol. The van der Waals surface area contributed by atoms with Crippen LogP contribution in [0.25, 0.3) is 33.2 Å². The van der Waals surface area contributed by atoms with Gasteiger partial charge in [0.15, 0.2) is 10.3 Å². The van der Waals surface area contributed by atoms with Gasteiger partial charge in [0.2, 0.25) is 0 Å². The van der Waals surface area contributed by atoms with Crippen molar-refractivity contribution in [3.8, 4) is 11.4 Å². The number of benzene rings is 1. The number of carbonyl (C=O) groups excluding carboxylic acids is 2. The largest absolute Gasteiger partial charge is 0.465 e. The molecule has 0 radical (unpaired) electrons. The Morgan fingerprint density at radius 3 is 2.41 bits per heavy atom. The lowest BCUT2D eigenvalue weighted by atomic mass is 9.93. The van der Waals surface area contributed by atoms with Gasteiger partial charge in [-0.15, -0.1) is 0 Å². The van der Waals surface area contributed by atoms with Gasteiger partial charge in [0.25, 0.3) is 0 Å². The van der Waals surface area contributed by atoms with E-state index in [1.54, 1.807) is 12.4 Å². The Bertz CT molecular complexity index is 1740. The van der Waals surface area contributed by atoms with E-state index in [-0.39, 0.29) is 11.9 Å². The van der Waals surface area contributed by atoms with Crippen LogP contribution in [0.4, 0.5) is 0 Å². The van der Waals surface area contributed by atoms with Crippen LogP contribution in [0.2, 0.25) is 0 Å². The van der Waals surface area contributed by atoms with Gasteiger partial charge in [-0.1, -0.05) is 35.7 Å². The highest BCUT2D eigenvalue weighted by Gasteiger charge is 2.25. The number of nitrogens with one attached hydrogen (secondary N) is 2. The van der Waals surface area contributed by atoms with Crippen molar-refractivity contribution in [3.05, 3.63) is 56.7 Å². The summed E-state index contributed by atoms with van der Waals surface area (Å²) < 4.78 is 10.4. The lowest BCUT2D eigenvalue weighted by Gasteiger charge is -2.16. The molecule has 6 rings (SSSR count). The van der Waals surface area contributed by atoms with Gasteiger partial charge in [-0.05, 0) is 59.1 Å². The summed E-state index contributed by atoms with van der Waals surface area (Å²) in [6.07, 6.45) is 10.9. The summed E-state index contributed by atoms with van der Waals surface area (Å²) in [5.41, 5.74) is 6.73. The second-order valence-corrected chi connectivity index (χ2v) is 11.0. The zero-order valence-electron chi connectivity index (χ0n) is 21.4. The fourth-order valence-corrected chi connectivity index (χ4v) is 5.93. The number of aromatic nitrogens is 6. The van der Waals surface area contributed by atoms with E-state index in [0.717, 1.165) is 66.0 Å². The van der Waals surface area contributed by atoms with Gasteiger partial charge in [0.05, 0.1) is 51.5 Å². The minimum atomic E-state index is -0.348. The van der Waals surface area contributed by atoms with Crippen molar-refractivity contribution in [2.45, 2.75) is 23.2 Å². The van der Waals surface area contributed by atoms with Crippen molar-refractivity contribution in [2.24, 2.45) is 0 Å². The molecular formula is C26H23IN6O4S2. The number of hydrogen-bond acceptors (Lipinski definition) is 10. The Hall–Kier alpha value is -3.17. The lowest BCUT2D eigenvalue weighted by Crippen LogP contribution is -2.10. The molecule has 0 atom stereocenters. The van der Waals surface area contributed by atoms with Crippen LogP contribution in [-0.2, 0) is 22.3 Å². The molecule has 0 bridgehead atoms. The third-order valence-corrected chi connectivity index (χ3v) is 8.26. The van der Waals surface area contributed by atoms with E-state index < -0.39 is 0 Å². The molecule has 39 heavy (non-hydrogen) atoms. The molecule has 0 saturated carbocycles. The minimum Gasteiger partial charge on any atom is -0.465 e. The first-order valence-electron chi connectivity index (χ1n) is 11.7. The predicted octanol–water partition coefficient (Wildman–Crippen LogP) is 5.30. The fourth-order valence-electron chi connectivity index (χ4n) is 4.47. The molecule has 0 unspecified atom stereocenters. The quantitative estimate of drug-likeness (QED) is 0.112. The first kappa shape index (κ1) is 27.4. The van der Waals surface area contributed by atoms with Crippen LogP contribution in [-0.4, -0.2) is 68.6 Å². The Kier molecular flexibility index (Phi) is 8.09. The van der Waals surface area contributed by atoms with E-state index in [9.17, 15) is 9.59 Å². The average Bonchev–Trinajstić information content (AvgIpc) is 3.57. The molecule has 0 saturated heterocycles. The Balaban J connectivity index is 0.000000158. The molecule has 1 aromatic carbocycles. The summed E-state index contributed by atoms with van der Waals surface area (Å²) in [6.45, 7) is 0. The molecule has 0 aliphatic heterocycles. The molecule has 2 N–H and O–H groups in total. The molecule has 10 nitrogen and oxygen atoms in total. The Labute approximate surface area is 245 Å². The average molecular weight is 675 g/mol. The Morgan fingerprint density at radius 1 is 0.974 bits per heavy atom. The molecule has 1 aliphatic rings. The molecule has 4 heterocycles. The topological polar surface area (TPSA) is 136 Å². The number of carbonyl (C=O) groups is 2. The van der Waals surface area contributed by atoms with Gasteiger partial charge in [0.1, 0.15) is 0 Å². The van der Waals surface area contributed by atoms with Gasteiger partial charge < -0.3 is 19.4 Å². The number of esters is 2. The van der Waals surface area contributed by atoms with Crippen LogP contribution in [0, 0.1) is 3.70 Å². The molecule has 0 fully saturated rings. The number of H-pyrrole nitrogens is 2. The minimum absolute atomic E-state index is 0.305. The summed E-state index contributed by atoms with van der Waals surface area (Å²) >= 11 is 5.09. The molecule has 4 aromatic heterocycles. The van der Waals surface area contributed by atoms with Crippen LogP contribution in [0.15, 0.2) is 41.0 Å². The zero-order valence-corrected chi connectivity index (χ0v) is 25.2. The first-order valence-corrected chi connectivity index (χ1v) is 15.2. The number of thioether (sulfide) groups is 2. The Morgan fingerprint density at radius 2 is 1.69 bits per heavy atom. The van der Waals surface area contributed by atoms with E-state index in [2.05, 4.69) is 52.5 Å². The van der Waals surface area contributed by atoms with E-state index in [1.807, 2.05) is 30.8 Å². The molecule has 0 spiro atoms. The third kappa shape index (κ3) is 5.10. The number of methoxy groups -OCH3 is 2. The van der Waals surface area contributed by atoms with Crippen molar-refractivity contribution >= 4 is 79.9 Å². The van der Waals surface area contributed by atoms with Crippen molar-refractivity contribution in [3.63, 3.8) is 0 Å². The van der Waals surface area contributed by atoms with Crippen LogP contribution in [0.5, 0.6) is 0 Å². The number of hydrogen-bond donors (Lipinski definition) is 2. The van der Waals surface area contributed by atoms with E-state index in [1.165, 1.54) is 37.7 Å². The number of rotatable bonds is 4. The monoisotopic (exact) mass is 674 g/mol. The van der Waals surface area contributed by atoms with Crippen molar-refractivity contribution < 1.29 is 19.1 Å². The molecule has 13 heteroatoms. The summed E-state index contributed by atoms with van der Waals surface area (Å²) in [5.74, 6) is -0.653. The van der Waals surface area contributed by atoms with E-state index in [0.29, 0.717) is 16.3 Å². The van der Waals surface area contributed by atoms with Gasteiger partial charge in [-0.25, -0.2) is 29.5 Å². The third-order valence-electron chi connectivity index (χ3n) is 6.33. The number of fused-ring (bicyclic) bond motifs is 6. The highest BCUT2D eigenvalue weighted by atomic mass is 127. The van der Waals surface area contributed by atoms with Gasteiger partial charge in [0, 0.05) is 29.4 Å². The summed E-state index contributed by atoms with van der Waals surface area (Å²) in [5, 5.41) is 3.19. The zero-order chi connectivity index (χ0) is 27.7. The maximum Gasteiger partial charge on any atom is 0.341 e. The standard InChI is InChI=1S/C13H10IN3O2S.C13H13N3O2S/c1-19-12(18)8-7-4-3-6-5-15-13(20-2)17-9(6)10(7)16-11(8)14;1-18-12(17)9-6-14-11-8(9)4-3-7-5-15-13(19-2)16-10(7)11/h3-5,16H,1-2H3;5-6,14H,3-4H2,1-2H3. The number of aromatic amines is 2. The van der Waals surface area contributed by atoms with E-state index >= 15 is 0 Å². The van der Waals surface area contributed by atoms with Crippen LogP contribution >= 0.6 is 46.1 Å². The lowest BCUT2D eigenvalue weighted by molar-refractivity contribution is 0.0591. The van der Waals surface area contributed by atoms with Crippen LogP contribution < -0.4 is 0 Å². The smallest absolute Gasteiger partial charge is 0.341 e. The first-order chi connectivity index (χ1) is 18.9. The highest BCUT2D eigenvalue weighted by Crippen LogP contribution is 2.34. The van der Waals surface area contributed by atoms with E-state index in [4.69, 9.17) is 9.47 Å². The summed E-state index contributed by atoms with van der Waals surface area (Å²) in [6, 6.07) is 3.81. The highest BCUT2D eigenvalue weighted by molar-refractivity contribution is 14.1. The maximum atomic E-state index is 11.9. The van der Waals surface area contributed by atoms with Gasteiger partial charge in [-0.3, -0.25) is 0 Å². The number of ether oxygens (including phenoxy) is 2. The van der Waals surface area contributed by atoms with Gasteiger partial charge in [-0.2, -0.15) is 0 Å². The molecule has 1 aliphatic carbocycles. The number of nitrogens with zero attached hydrogens (tertiary/aromatic N) is 4. The SMILES string of the molecule is COC(=O)c1c(I)[nH]c2c1ccc1cnc(SC)nc12.COC(=O)c1c[nH]c2c1CCc1cnc(SC)nc1-2. The number of aryl methyl sites for hydroxylation is 1. The van der Waals surface area contributed by atoms with Gasteiger partial charge >= 0.3 is 11.9 Å². The maximum absolute atomic E-state index is 11.9. The molecular weight excluding hydrogens is 651 g/mol. The molecule has 5 aromatic rings. The van der Waals surface area contributed by atoms with Crippen LogP contribution in [0.3, 0.4) is 0 Å². The van der Waals surface area contributed by atoms with Crippen molar-refractivity contribution in [1.82, 2.24) is 29.9 Å². The van der Waals surface area contributed by atoms with Crippen LogP contribution in [0.1, 0.15) is 31.8 Å².